The summed E-state index contributed by atoms with van der Waals surface area (Å²) in [6.07, 6.45) is 2.40. The Bertz CT molecular complexity index is 547. The summed E-state index contributed by atoms with van der Waals surface area (Å²) < 4.78 is 0. The maximum atomic E-state index is 12.0. The van der Waals surface area contributed by atoms with E-state index in [1.54, 1.807) is 24.4 Å². The number of hydrogen-bond acceptors (Lipinski definition) is 5. The standard InChI is InChI=1S/C14H16N2O4S/c1-2-8-14(13(19)20,16-11(17)6-7-12(16)18)21-10-5-3-4-9-15-10/h3-5,9H,2,6-8H2,1H3,(H,19,20). The molecular weight excluding hydrogens is 292 g/mol. The number of carboxylic acids is 1. The highest BCUT2D eigenvalue weighted by Gasteiger charge is 2.52. The SMILES string of the molecule is CCCC(Sc1ccccn1)(C(=O)O)N1C(=O)CCC1=O. The third-order valence-electron chi connectivity index (χ3n) is 3.25. The Morgan fingerprint density at radius 1 is 1.38 bits per heavy atom. The number of carboxylic acid groups (broad SMARTS) is 1. The van der Waals surface area contributed by atoms with Gasteiger partial charge < -0.3 is 5.11 Å². The molecule has 1 aliphatic rings. The van der Waals surface area contributed by atoms with Crippen LogP contribution >= 0.6 is 11.8 Å². The second kappa shape index (κ2) is 6.26. The first-order chi connectivity index (χ1) is 10.0. The number of nitrogens with zero attached hydrogens (tertiary/aromatic N) is 2. The highest BCUT2D eigenvalue weighted by atomic mass is 32.2. The van der Waals surface area contributed by atoms with E-state index in [0.717, 1.165) is 16.7 Å². The van der Waals surface area contributed by atoms with Crippen LogP contribution in [0.2, 0.25) is 0 Å². The van der Waals surface area contributed by atoms with Crippen LogP contribution in [0.4, 0.5) is 0 Å². The molecule has 1 N–H and O–H groups in total. The second-order valence-electron chi connectivity index (χ2n) is 4.73. The van der Waals surface area contributed by atoms with E-state index < -0.39 is 22.7 Å². The van der Waals surface area contributed by atoms with Crippen molar-refractivity contribution < 1.29 is 19.5 Å². The van der Waals surface area contributed by atoms with Gasteiger partial charge in [0.15, 0.2) is 4.87 Å². The van der Waals surface area contributed by atoms with E-state index in [2.05, 4.69) is 4.98 Å². The number of hydrogen-bond donors (Lipinski definition) is 1. The van der Waals surface area contributed by atoms with Crippen molar-refractivity contribution in [3.63, 3.8) is 0 Å². The third-order valence-corrected chi connectivity index (χ3v) is 4.60. The molecule has 0 bridgehead atoms. The van der Waals surface area contributed by atoms with Crippen LogP contribution in [0.5, 0.6) is 0 Å². The highest BCUT2D eigenvalue weighted by molar-refractivity contribution is 8.01. The predicted octanol–water partition coefficient (Wildman–Crippen LogP) is 1.90. The van der Waals surface area contributed by atoms with Gasteiger partial charge in [-0.05, 0) is 18.6 Å². The van der Waals surface area contributed by atoms with E-state index >= 15 is 0 Å². The first kappa shape index (κ1) is 15.5. The van der Waals surface area contributed by atoms with Gasteiger partial charge in [0.05, 0.1) is 5.03 Å². The molecule has 21 heavy (non-hydrogen) atoms. The molecule has 1 unspecified atom stereocenters. The zero-order valence-electron chi connectivity index (χ0n) is 11.6. The molecule has 0 aliphatic carbocycles. The van der Waals surface area contributed by atoms with E-state index in [1.165, 1.54) is 0 Å². The molecule has 6 nitrogen and oxygen atoms in total. The average molecular weight is 308 g/mol. The lowest BCUT2D eigenvalue weighted by Gasteiger charge is -2.35. The van der Waals surface area contributed by atoms with Crippen molar-refractivity contribution in [1.82, 2.24) is 9.88 Å². The summed E-state index contributed by atoms with van der Waals surface area (Å²) in [7, 11) is 0. The van der Waals surface area contributed by atoms with E-state index in [1.807, 2.05) is 6.92 Å². The van der Waals surface area contributed by atoms with Crippen molar-refractivity contribution in [2.75, 3.05) is 0 Å². The van der Waals surface area contributed by atoms with Crippen LogP contribution in [-0.2, 0) is 14.4 Å². The minimum Gasteiger partial charge on any atom is -0.479 e. The van der Waals surface area contributed by atoms with Crippen LogP contribution in [0.15, 0.2) is 29.4 Å². The molecule has 0 saturated carbocycles. The molecule has 1 atom stereocenters. The number of aromatic nitrogens is 1. The Kier molecular flexibility index (Phi) is 4.62. The Morgan fingerprint density at radius 3 is 2.52 bits per heavy atom. The molecule has 112 valence electrons. The van der Waals surface area contributed by atoms with Gasteiger partial charge in [0, 0.05) is 19.0 Å². The van der Waals surface area contributed by atoms with Gasteiger partial charge in [-0.1, -0.05) is 31.2 Å². The lowest BCUT2D eigenvalue weighted by Crippen LogP contribution is -2.54. The van der Waals surface area contributed by atoms with Crippen LogP contribution in [0.3, 0.4) is 0 Å². The predicted molar refractivity (Wildman–Crippen MR) is 76.5 cm³/mol. The van der Waals surface area contributed by atoms with Crippen LogP contribution in [0.25, 0.3) is 0 Å². The number of aliphatic carboxylic acids is 1. The Morgan fingerprint density at radius 2 is 2.05 bits per heavy atom. The van der Waals surface area contributed by atoms with Crippen LogP contribution in [-0.4, -0.2) is 37.6 Å². The molecule has 2 heterocycles. The summed E-state index contributed by atoms with van der Waals surface area (Å²) in [5.41, 5.74) is 0. The molecule has 7 heteroatoms. The number of carbonyl (C=O) groups is 3. The Hall–Kier alpha value is -1.89. The fourth-order valence-corrected chi connectivity index (χ4v) is 3.65. The lowest BCUT2D eigenvalue weighted by atomic mass is 10.1. The van der Waals surface area contributed by atoms with Gasteiger partial charge in [-0.25, -0.2) is 9.78 Å². The van der Waals surface area contributed by atoms with Gasteiger partial charge in [-0.3, -0.25) is 14.5 Å². The van der Waals surface area contributed by atoms with Crippen molar-refractivity contribution in [3.8, 4) is 0 Å². The van der Waals surface area contributed by atoms with Crippen molar-refractivity contribution >= 4 is 29.5 Å². The van der Waals surface area contributed by atoms with E-state index in [-0.39, 0.29) is 19.3 Å². The van der Waals surface area contributed by atoms with Crippen LogP contribution in [0, 0.1) is 0 Å². The summed E-state index contributed by atoms with van der Waals surface area (Å²) >= 11 is 0.947. The summed E-state index contributed by atoms with van der Waals surface area (Å²) in [4.78, 5) is 39.3. The average Bonchev–Trinajstić information content (AvgIpc) is 2.79. The summed E-state index contributed by atoms with van der Waals surface area (Å²) in [6.45, 7) is 1.82. The van der Waals surface area contributed by atoms with Crippen molar-refractivity contribution in [2.24, 2.45) is 0 Å². The van der Waals surface area contributed by atoms with E-state index in [4.69, 9.17) is 0 Å². The van der Waals surface area contributed by atoms with Gasteiger partial charge in [0.2, 0.25) is 11.8 Å². The van der Waals surface area contributed by atoms with E-state index in [0.29, 0.717) is 11.4 Å². The monoisotopic (exact) mass is 308 g/mol. The number of rotatable bonds is 6. The van der Waals surface area contributed by atoms with Crippen molar-refractivity contribution in [3.05, 3.63) is 24.4 Å². The summed E-state index contributed by atoms with van der Waals surface area (Å²) in [5, 5.41) is 10.2. The number of amides is 2. The van der Waals surface area contributed by atoms with Crippen molar-refractivity contribution in [2.45, 2.75) is 42.5 Å². The smallest absolute Gasteiger partial charge is 0.341 e. The minimum atomic E-state index is -1.62. The Balaban J connectivity index is 2.45. The second-order valence-corrected chi connectivity index (χ2v) is 6.03. The number of thioether (sulfide) groups is 1. The largest absolute Gasteiger partial charge is 0.479 e. The molecule has 0 radical (unpaired) electrons. The lowest BCUT2D eigenvalue weighted by molar-refractivity contribution is -0.156. The number of pyridine rings is 1. The highest BCUT2D eigenvalue weighted by Crippen LogP contribution is 2.41. The normalized spacial score (nSPS) is 17.9. The third kappa shape index (κ3) is 2.92. The number of carbonyl (C=O) groups excluding carboxylic acids is 2. The quantitative estimate of drug-likeness (QED) is 0.638. The molecule has 0 spiro atoms. The van der Waals surface area contributed by atoms with Gasteiger partial charge in [0.1, 0.15) is 0 Å². The first-order valence-electron chi connectivity index (χ1n) is 6.70. The van der Waals surface area contributed by atoms with E-state index in [9.17, 15) is 19.5 Å². The van der Waals surface area contributed by atoms with Gasteiger partial charge >= 0.3 is 5.97 Å². The summed E-state index contributed by atoms with van der Waals surface area (Å²) in [6, 6.07) is 5.13. The fourth-order valence-electron chi connectivity index (χ4n) is 2.35. The first-order valence-corrected chi connectivity index (χ1v) is 7.52. The molecule has 1 aromatic heterocycles. The molecular formula is C14H16N2O4S. The molecule has 1 aliphatic heterocycles. The van der Waals surface area contributed by atoms with Crippen LogP contribution < -0.4 is 0 Å². The zero-order valence-corrected chi connectivity index (χ0v) is 12.4. The fraction of sp³-hybridized carbons (Fsp3) is 0.429. The van der Waals surface area contributed by atoms with Crippen molar-refractivity contribution in [1.29, 1.82) is 0 Å². The molecule has 1 aromatic rings. The van der Waals surface area contributed by atoms with Gasteiger partial charge in [-0.15, -0.1) is 0 Å². The topological polar surface area (TPSA) is 87.6 Å². The maximum Gasteiger partial charge on any atom is 0.341 e. The zero-order chi connectivity index (χ0) is 15.5. The minimum absolute atomic E-state index is 0.0698. The summed E-state index contributed by atoms with van der Waals surface area (Å²) in [5.74, 6) is -2.05. The number of likely N-dealkylation sites (tertiary alicyclic amines) is 1. The molecule has 2 rings (SSSR count). The Labute approximate surface area is 126 Å². The molecule has 0 aromatic carbocycles. The molecule has 2 amide bonds. The number of imide groups is 1. The van der Waals surface area contributed by atoms with Gasteiger partial charge in [-0.2, -0.15) is 0 Å². The van der Waals surface area contributed by atoms with Gasteiger partial charge in [0.25, 0.3) is 0 Å². The molecule has 1 saturated heterocycles. The maximum absolute atomic E-state index is 12.0. The molecule has 1 fully saturated rings. The van der Waals surface area contributed by atoms with Crippen LogP contribution in [0.1, 0.15) is 32.6 Å².